The number of benzene rings is 2. The minimum Gasteiger partial charge on any atom is -0.444 e. The van der Waals surface area contributed by atoms with Crippen LogP contribution in [0.2, 0.25) is 0 Å². The molecular formula is C42H54N6O5S2. The van der Waals surface area contributed by atoms with Crippen LogP contribution in [0.4, 0.5) is 9.59 Å². The number of ether oxygens (including phenoxy) is 2. The number of aromatic nitrogens is 2. The molecule has 3 amide bonds. The lowest BCUT2D eigenvalue weighted by molar-refractivity contribution is -0.123. The molecule has 13 heteroatoms. The van der Waals surface area contributed by atoms with Crippen molar-refractivity contribution in [1.82, 2.24) is 30.0 Å². The highest BCUT2D eigenvalue weighted by Crippen LogP contribution is 2.30. The number of morpholine rings is 1. The minimum atomic E-state index is -0.525. The summed E-state index contributed by atoms with van der Waals surface area (Å²) in [6, 6.07) is 19.6. The molecule has 2 saturated heterocycles. The van der Waals surface area contributed by atoms with Crippen LogP contribution in [0.3, 0.4) is 0 Å². The van der Waals surface area contributed by atoms with Crippen molar-refractivity contribution in [3.63, 3.8) is 0 Å². The number of Topliss-reactive ketones (excluding diaryl/α,β-unsaturated/α-hetero) is 1. The first-order valence-corrected chi connectivity index (χ1v) is 21.2. The number of nitrogens with one attached hydrogen (secondary N) is 1. The zero-order chi connectivity index (χ0) is 38.6. The quantitative estimate of drug-likeness (QED) is 0.120. The van der Waals surface area contributed by atoms with Crippen molar-refractivity contribution in [2.45, 2.75) is 89.6 Å². The van der Waals surface area contributed by atoms with Crippen LogP contribution in [0.5, 0.6) is 0 Å². The van der Waals surface area contributed by atoms with Gasteiger partial charge in [0.15, 0.2) is 5.78 Å². The van der Waals surface area contributed by atoms with E-state index in [2.05, 4.69) is 53.3 Å². The molecule has 4 heterocycles. The van der Waals surface area contributed by atoms with Crippen molar-refractivity contribution in [2.75, 3.05) is 39.9 Å². The van der Waals surface area contributed by atoms with Crippen molar-refractivity contribution in [3.8, 4) is 0 Å². The fraction of sp³-hybridized carbons (Fsp3) is 0.500. The molecule has 0 radical (unpaired) electrons. The fourth-order valence-corrected chi connectivity index (χ4v) is 8.92. The summed E-state index contributed by atoms with van der Waals surface area (Å²) in [7, 11) is 1.81. The van der Waals surface area contributed by atoms with Gasteiger partial charge in [0.25, 0.3) is 0 Å². The maximum absolute atomic E-state index is 14.6. The van der Waals surface area contributed by atoms with Crippen LogP contribution in [0.25, 0.3) is 0 Å². The highest BCUT2D eigenvalue weighted by Gasteiger charge is 2.43. The van der Waals surface area contributed by atoms with Crippen molar-refractivity contribution >= 4 is 40.6 Å². The maximum atomic E-state index is 14.6. The molecule has 2 aromatic carbocycles. The summed E-state index contributed by atoms with van der Waals surface area (Å²) in [4.78, 5) is 57.4. The van der Waals surface area contributed by atoms with E-state index in [-0.39, 0.29) is 36.4 Å². The highest BCUT2D eigenvalue weighted by molar-refractivity contribution is 7.09. The van der Waals surface area contributed by atoms with Crippen LogP contribution in [0.1, 0.15) is 72.2 Å². The minimum absolute atomic E-state index is 0.00441. The molecule has 2 aliphatic heterocycles. The molecule has 4 atom stereocenters. The Bertz CT molecular complexity index is 1780. The fourth-order valence-electron chi connectivity index (χ4n) is 7.59. The number of rotatable bonds is 17. The summed E-state index contributed by atoms with van der Waals surface area (Å²) >= 11 is 3.06. The van der Waals surface area contributed by atoms with Gasteiger partial charge >= 0.3 is 12.1 Å². The Hall–Kier alpha value is -4.17. The van der Waals surface area contributed by atoms with E-state index >= 15 is 0 Å². The van der Waals surface area contributed by atoms with Crippen LogP contribution in [0.15, 0.2) is 77.8 Å². The van der Waals surface area contributed by atoms with Crippen LogP contribution in [-0.4, -0.2) is 101 Å². The number of thiazole rings is 2. The number of hydrogen-bond acceptors (Lipinski definition) is 10. The van der Waals surface area contributed by atoms with E-state index in [1.54, 1.807) is 35.0 Å². The molecule has 2 aliphatic rings. The molecule has 55 heavy (non-hydrogen) atoms. The molecule has 4 aromatic rings. The summed E-state index contributed by atoms with van der Waals surface area (Å²) in [5, 5.41) is 6.20. The van der Waals surface area contributed by atoms with Crippen molar-refractivity contribution in [1.29, 1.82) is 0 Å². The third-order valence-electron chi connectivity index (χ3n) is 10.5. The molecular weight excluding hydrogens is 733 g/mol. The van der Waals surface area contributed by atoms with Crippen LogP contribution in [-0.2, 0) is 40.3 Å². The van der Waals surface area contributed by atoms with Gasteiger partial charge in [-0.1, -0.05) is 74.5 Å². The Kier molecular flexibility index (Phi) is 14.8. The lowest BCUT2D eigenvalue weighted by Gasteiger charge is -2.32. The number of alkyl carbamates (subject to hydrolysis) is 1. The predicted octanol–water partition coefficient (Wildman–Crippen LogP) is 7.19. The summed E-state index contributed by atoms with van der Waals surface area (Å²) in [6.45, 7) is 8.19. The van der Waals surface area contributed by atoms with Gasteiger partial charge < -0.3 is 24.6 Å². The monoisotopic (exact) mass is 786 g/mol. The number of nitrogens with zero attached hydrogens (tertiary/aromatic N) is 5. The van der Waals surface area contributed by atoms with E-state index in [4.69, 9.17) is 14.5 Å². The van der Waals surface area contributed by atoms with Crippen LogP contribution in [0, 0.1) is 5.92 Å². The van der Waals surface area contributed by atoms with Gasteiger partial charge in [-0.3, -0.25) is 14.7 Å². The number of urea groups is 1. The molecule has 11 nitrogen and oxygen atoms in total. The Morgan fingerprint density at radius 1 is 0.982 bits per heavy atom. The first-order valence-electron chi connectivity index (χ1n) is 19.4. The third-order valence-corrected chi connectivity index (χ3v) is 12.5. The van der Waals surface area contributed by atoms with Gasteiger partial charge in [0.1, 0.15) is 6.61 Å². The predicted molar refractivity (Wildman–Crippen MR) is 216 cm³/mol. The number of carbonyl (C=O) groups is 3. The van der Waals surface area contributed by atoms with Gasteiger partial charge in [-0.15, -0.1) is 22.7 Å². The van der Waals surface area contributed by atoms with Gasteiger partial charge in [0.05, 0.1) is 46.9 Å². The lowest BCUT2D eigenvalue weighted by atomic mass is 9.86. The average molecular weight is 787 g/mol. The van der Waals surface area contributed by atoms with E-state index in [9.17, 15) is 14.4 Å². The summed E-state index contributed by atoms with van der Waals surface area (Å²) in [5.74, 6) is 0.418. The zero-order valence-electron chi connectivity index (χ0n) is 32.2. The average Bonchev–Trinajstić information content (AvgIpc) is 3.99. The summed E-state index contributed by atoms with van der Waals surface area (Å²) in [6.07, 6.45) is 4.90. The molecule has 294 valence electrons. The normalized spacial score (nSPS) is 18.6. The van der Waals surface area contributed by atoms with E-state index < -0.39 is 12.1 Å². The highest BCUT2D eigenvalue weighted by atomic mass is 32.1. The molecule has 0 aliphatic carbocycles. The second kappa shape index (κ2) is 20.1. The molecule has 0 spiro atoms. The molecule has 2 aromatic heterocycles. The Labute approximate surface area is 333 Å². The van der Waals surface area contributed by atoms with Gasteiger partial charge in [0.2, 0.25) is 0 Å². The SMILES string of the molecule is CC(C)c1nc(CN(C)C(=O)N2C[C@@H](N3CCOCC3)C[C@H]2C(=O)C[C@H](CC[C@H](Cc2ccccc2)NC(=O)OCc2cncs2)Cc2ccccc2)cs1. The Morgan fingerprint density at radius 2 is 1.69 bits per heavy atom. The van der Waals surface area contributed by atoms with E-state index in [1.165, 1.54) is 11.3 Å². The van der Waals surface area contributed by atoms with Crippen LogP contribution >= 0.6 is 22.7 Å². The van der Waals surface area contributed by atoms with E-state index in [0.717, 1.165) is 46.2 Å². The van der Waals surface area contributed by atoms with Gasteiger partial charge in [0, 0.05) is 62.7 Å². The summed E-state index contributed by atoms with van der Waals surface area (Å²) in [5.41, 5.74) is 4.86. The standard InChI is InChI=1S/C42H54N6O5S2/c1-30(2)40-44-35(28-54-40)25-46(3)42(51)48-26-36(47-16-18-52-19-17-47)23-38(48)39(49)22-33(20-31-10-6-4-7-11-31)14-15-34(21-32-12-8-5-9-13-32)45-41(50)53-27-37-24-43-29-55-37/h4-13,24,28-30,33-34,36,38H,14-23,25-27H2,1-3H3,(H,45,50)/t33-,34-,36+,38+/m1/s1. The first-order chi connectivity index (χ1) is 26.7. The molecule has 0 saturated carbocycles. The van der Waals surface area contributed by atoms with E-state index in [0.29, 0.717) is 64.3 Å². The van der Waals surface area contributed by atoms with Gasteiger partial charge in [-0.25, -0.2) is 14.6 Å². The maximum Gasteiger partial charge on any atom is 0.407 e. The molecule has 6 rings (SSSR count). The second-order valence-electron chi connectivity index (χ2n) is 15.1. The topological polar surface area (TPSA) is 117 Å². The molecule has 2 fully saturated rings. The Balaban J connectivity index is 1.17. The zero-order valence-corrected chi connectivity index (χ0v) is 33.8. The second-order valence-corrected chi connectivity index (χ2v) is 16.9. The number of hydrogen-bond donors (Lipinski definition) is 1. The molecule has 0 bridgehead atoms. The number of likely N-dealkylation sites (tertiary alicyclic amines) is 1. The first kappa shape index (κ1) is 40.5. The van der Waals surface area contributed by atoms with Crippen molar-refractivity contribution < 1.29 is 23.9 Å². The number of ketones is 1. The van der Waals surface area contributed by atoms with Crippen molar-refractivity contribution in [2.24, 2.45) is 5.92 Å². The van der Waals surface area contributed by atoms with Crippen LogP contribution < -0.4 is 5.32 Å². The molecule has 0 unspecified atom stereocenters. The van der Waals surface area contributed by atoms with Crippen molar-refractivity contribution in [3.05, 3.63) is 104 Å². The Morgan fingerprint density at radius 3 is 2.35 bits per heavy atom. The number of carbonyl (C=O) groups excluding carboxylic acids is 3. The lowest BCUT2D eigenvalue weighted by Crippen LogP contribution is -2.48. The summed E-state index contributed by atoms with van der Waals surface area (Å²) < 4.78 is 11.2. The third kappa shape index (κ3) is 11.9. The largest absolute Gasteiger partial charge is 0.444 e. The van der Waals surface area contributed by atoms with E-state index in [1.807, 2.05) is 46.7 Å². The molecule has 1 N–H and O–H groups in total. The smallest absolute Gasteiger partial charge is 0.407 e. The van der Waals surface area contributed by atoms with Gasteiger partial charge in [-0.2, -0.15) is 0 Å². The number of amides is 3. The van der Waals surface area contributed by atoms with Gasteiger partial charge in [-0.05, 0) is 49.1 Å².